The summed E-state index contributed by atoms with van der Waals surface area (Å²) in [7, 11) is 1.02. The van der Waals surface area contributed by atoms with Gasteiger partial charge in [0.1, 0.15) is 17.6 Å². The summed E-state index contributed by atoms with van der Waals surface area (Å²) >= 11 is 0. The van der Waals surface area contributed by atoms with Gasteiger partial charge in [-0.05, 0) is 17.7 Å². The third-order valence-corrected chi connectivity index (χ3v) is 4.60. The number of hydrogen-bond donors (Lipinski definition) is 1. The lowest BCUT2D eigenvalue weighted by Crippen LogP contribution is -2.45. The van der Waals surface area contributed by atoms with E-state index < -0.39 is 36.1 Å². The number of nitrogens with zero attached hydrogens (tertiary/aromatic N) is 2. The fourth-order valence-electron chi connectivity index (χ4n) is 3.05. The number of amides is 1. The Morgan fingerprint density at radius 3 is 2.38 bits per heavy atom. The molecule has 1 heterocycles. The number of aromatic nitrogens is 2. The fraction of sp³-hybridized carbons (Fsp3) is 0.182. The third kappa shape index (κ3) is 5.02. The zero-order chi connectivity index (χ0) is 23.3. The molecule has 1 atom stereocenters. The van der Waals surface area contributed by atoms with Crippen LogP contribution in [0.1, 0.15) is 23.9 Å². The number of carbonyl (C=O) groups excluding carboxylic acids is 3. The van der Waals surface area contributed by atoms with Crippen LogP contribution in [0.3, 0.4) is 0 Å². The normalized spacial score (nSPS) is 11.8. The van der Waals surface area contributed by atoms with Crippen LogP contribution in [0.15, 0.2) is 60.8 Å². The number of ether oxygens (including phenoxy) is 1. The number of nitrogens with one attached hydrogen (secondary N) is 1. The third-order valence-electron chi connectivity index (χ3n) is 4.60. The monoisotopic (exact) mass is 447 g/mol. The Bertz CT molecular complexity index is 1140. The van der Waals surface area contributed by atoms with Crippen molar-refractivity contribution in [3.63, 3.8) is 0 Å². The molecule has 1 unspecified atom stereocenters. The van der Waals surface area contributed by atoms with Gasteiger partial charge >= 0.3 is 12.5 Å². The van der Waals surface area contributed by atoms with Crippen LogP contribution in [0.2, 0.25) is 0 Å². The van der Waals surface area contributed by atoms with Gasteiger partial charge in [0.05, 0.1) is 12.7 Å². The van der Waals surface area contributed by atoms with Crippen LogP contribution in [-0.4, -0.2) is 40.6 Å². The molecule has 7 nitrogen and oxygen atoms in total. The molecule has 32 heavy (non-hydrogen) atoms. The number of carbonyl (C=O) groups is 3. The number of halogens is 3. The Kier molecular flexibility index (Phi) is 7.04. The molecule has 10 heteroatoms. The zero-order valence-corrected chi connectivity index (χ0v) is 16.8. The molecule has 3 aromatic rings. The van der Waals surface area contributed by atoms with E-state index in [1.165, 1.54) is 18.2 Å². The molecule has 0 fully saturated rings. The lowest BCUT2D eigenvalue weighted by Gasteiger charge is -2.16. The highest BCUT2D eigenvalue weighted by Crippen LogP contribution is 2.27. The van der Waals surface area contributed by atoms with Crippen molar-refractivity contribution in [3.05, 3.63) is 77.7 Å². The summed E-state index contributed by atoms with van der Waals surface area (Å²) < 4.78 is 45.4. The summed E-state index contributed by atoms with van der Waals surface area (Å²) in [5.74, 6) is -3.96. The van der Waals surface area contributed by atoms with Crippen molar-refractivity contribution >= 4 is 17.7 Å². The zero-order valence-electron chi connectivity index (χ0n) is 16.8. The minimum Gasteiger partial charge on any atom is -0.463 e. The molecule has 168 valence electrons. The maximum absolute atomic E-state index is 14.3. The minimum absolute atomic E-state index is 0. The van der Waals surface area contributed by atoms with Gasteiger partial charge in [-0.3, -0.25) is 9.59 Å². The van der Waals surface area contributed by atoms with Gasteiger partial charge < -0.3 is 10.1 Å². The molecule has 3 rings (SSSR count). The molecule has 0 aliphatic carbocycles. The molecule has 0 aliphatic heterocycles. The van der Waals surface area contributed by atoms with Gasteiger partial charge in [-0.1, -0.05) is 42.5 Å². The molecule has 0 saturated heterocycles. The Balaban J connectivity index is 0.00000385. The Morgan fingerprint density at radius 1 is 1.09 bits per heavy atom. The molecule has 1 amide bonds. The van der Waals surface area contributed by atoms with Crippen LogP contribution >= 0.6 is 0 Å². The van der Waals surface area contributed by atoms with Gasteiger partial charge in [0.25, 0.3) is 11.7 Å². The number of alkyl halides is 2. The maximum Gasteiger partial charge on any atom is 0.376 e. The molecule has 0 bridgehead atoms. The number of benzene rings is 2. The lowest BCUT2D eigenvalue weighted by molar-refractivity contribution is -0.152. The first-order valence-corrected chi connectivity index (χ1v) is 9.41. The second-order valence-corrected chi connectivity index (χ2v) is 6.70. The smallest absolute Gasteiger partial charge is 0.376 e. The summed E-state index contributed by atoms with van der Waals surface area (Å²) in [4.78, 5) is 37.2. The van der Waals surface area contributed by atoms with Crippen LogP contribution in [0, 0.1) is 5.82 Å². The molecule has 0 spiro atoms. The topological polar surface area (TPSA) is 90.3 Å². The van der Waals surface area contributed by atoms with E-state index in [0.717, 1.165) is 19.4 Å². The molecule has 1 N–H and O–H groups in total. The summed E-state index contributed by atoms with van der Waals surface area (Å²) in [6, 6.07) is 12.4. The molecule has 1 aromatic heterocycles. The summed E-state index contributed by atoms with van der Waals surface area (Å²) in [5, 5.41) is 6.01. The van der Waals surface area contributed by atoms with Crippen LogP contribution < -0.4 is 5.32 Å². The van der Waals surface area contributed by atoms with Gasteiger partial charge in [-0.25, -0.2) is 13.9 Å². The average molecular weight is 447 g/mol. The molecule has 2 aromatic carbocycles. The van der Waals surface area contributed by atoms with E-state index in [1.807, 2.05) is 0 Å². The highest BCUT2D eigenvalue weighted by Gasteiger charge is 2.30. The van der Waals surface area contributed by atoms with E-state index in [0.29, 0.717) is 5.56 Å². The van der Waals surface area contributed by atoms with E-state index >= 15 is 0 Å². The Morgan fingerprint density at radius 2 is 1.75 bits per heavy atom. The van der Waals surface area contributed by atoms with Crippen molar-refractivity contribution in [1.29, 1.82) is 0 Å². The highest BCUT2D eigenvalue weighted by molar-refractivity contribution is 6.36. The SMILES string of the molecule is COC(=O)C(=O)C(Cc1ccccc1)NC(=O)c1cn(C(F)F)nc1-c1ccccc1F.[HH]. The van der Waals surface area contributed by atoms with E-state index in [9.17, 15) is 27.6 Å². The molecular weight excluding hydrogens is 427 g/mol. The van der Waals surface area contributed by atoms with Crippen molar-refractivity contribution in [3.8, 4) is 11.3 Å². The van der Waals surface area contributed by atoms with Crippen molar-refractivity contribution in [2.24, 2.45) is 0 Å². The molecular formula is C22H20F3N3O4. The van der Waals surface area contributed by atoms with Crippen molar-refractivity contribution in [2.45, 2.75) is 19.0 Å². The maximum atomic E-state index is 14.3. The predicted molar refractivity (Wildman–Crippen MR) is 109 cm³/mol. The van der Waals surface area contributed by atoms with E-state index in [1.54, 1.807) is 30.3 Å². The molecule has 0 radical (unpaired) electrons. The van der Waals surface area contributed by atoms with E-state index in [4.69, 9.17) is 0 Å². The number of ketones is 1. The van der Waals surface area contributed by atoms with Gasteiger partial charge in [0.2, 0.25) is 0 Å². The molecule has 0 aliphatic rings. The number of rotatable bonds is 8. The lowest BCUT2D eigenvalue weighted by atomic mass is 10.0. The predicted octanol–water partition coefficient (Wildman–Crippen LogP) is 3.41. The first-order valence-electron chi connectivity index (χ1n) is 9.41. The Labute approximate surface area is 182 Å². The van der Waals surface area contributed by atoms with Crippen LogP contribution in [0.25, 0.3) is 11.3 Å². The van der Waals surface area contributed by atoms with Gasteiger partial charge in [0, 0.05) is 19.6 Å². The number of esters is 1. The first-order chi connectivity index (χ1) is 15.3. The fourth-order valence-corrected chi connectivity index (χ4v) is 3.05. The molecule has 0 saturated carbocycles. The van der Waals surface area contributed by atoms with E-state index in [-0.39, 0.29) is 29.4 Å². The second kappa shape index (κ2) is 9.90. The van der Waals surface area contributed by atoms with Gasteiger partial charge in [-0.2, -0.15) is 13.9 Å². The largest absolute Gasteiger partial charge is 0.463 e. The van der Waals surface area contributed by atoms with Crippen molar-refractivity contribution < 1.29 is 33.7 Å². The Hall–Kier alpha value is -3.95. The van der Waals surface area contributed by atoms with Crippen molar-refractivity contribution in [2.75, 3.05) is 7.11 Å². The first kappa shape index (κ1) is 22.7. The van der Waals surface area contributed by atoms with Crippen LogP contribution in [-0.2, 0) is 20.7 Å². The number of hydrogen-bond acceptors (Lipinski definition) is 5. The van der Waals surface area contributed by atoms with Crippen LogP contribution in [0.4, 0.5) is 13.2 Å². The second-order valence-electron chi connectivity index (χ2n) is 6.70. The van der Waals surface area contributed by atoms with Gasteiger partial charge in [-0.15, -0.1) is 0 Å². The number of methoxy groups -OCH3 is 1. The van der Waals surface area contributed by atoms with Gasteiger partial charge in [0.15, 0.2) is 0 Å². The van der Waals surface area contributed by atoms with Crippen LogP contribution in [0.5, 0.6) is 0 Å². The van der Waals surface area contributed by atoms with E-state index in [2.05, 4.69) is 15.2 Å². The quantitative estimate of drug-likeness (QED) is 0.422. The number of Topliss-reactive ketones (excluding diaryl/α,β-unsaturated/α-hetero) is 1. The standard InChI is InChI=1S/C22H18F3N3O4.H2/c1-32-21(31)19(29)17(11-13-7-3-2-4-8-13)26-20(30)15-12-28(22(24)25)27-18(15)14-9-5-6-10-16(14)23;/h2-10,12,17,22H,11H2,1H3,(H,26,30);1H. The average Bonchev–Trinajstić information content (AvgIpc) is 3.24. The summed E-state index contributed by atoms with van der Waals surface area (Å²) in [6.45, 7) is -3.08. The summed E-state index contributed by atoms with van der Waals surface area (Å²) in [6.07, 6.45) is 0.697. The minimum atomic E-state index is -3.08. The van der Waals surface area contributed by atoms with Crippen molar-refractivity contribution in [1.82, 2.24) is 15.1 Å². The highest BCUT2D eigenvalue weighted by atomic mass is 19.3. The summed E-state index contributed by atoms with van der Waals surface area (Å²) in [5.41, 5.74) is -0.250.